The number of benzene rings is 12. The van der Waals surface area contributed by atoms with Gasteiger partial charge in [-0.25, -0.2) is 4.85 Å². The summed E-state index contributed by atoms with van der Waals surface area (Å²) in [5.41, 5.74) is 20.0. The summed E-state index contributed by atoms with van der Waals surface area (Å²) in [7, 11) is 0. The monoisotopic (exact) mass is 1070 g/mol. The van der Waals surface area contributed by atoms with Crippen molar-refractivity contribution in [1.29, 1.82) is 0 Å². The highest BCUT2D eigenvalue weighted by Gasteiger charge is 2.24. The number of fused-ring (bicyclic) bond motifs is 16. The smallest absolute Gasteiger partial charge is 0.194 e. The van der Waals surface area contributed by atoms with Crippen LogP contribution in [0.3, 0.4) is 0 Å². The summed E-state index contributed by atoms with van der Waals surface area (Å²) in [6.45, 7) is 30.6. The Morgan fingerprint density at radius 3 is 0.928 bits per heavy atom. The van der Waals surface area contributed by atoms with E-state index in [9.17, 15) is 0 Å². The maximum Gasteiger partial charge on any atom is 0.194 e. The molecule has 4 aromatic heterocycles. The minimum atomic E-state index is 0.455. The zero-order chi connectivity index (χ0) is 56.9. The SMILES string of the molecule is CC(C)c1ccc2cc3c(cc2c1)c1cc(-c2ccccc2C(C)C)cc2c4cc5cc(C(C)C)ccc5cc4n3c12.[C-]#[N+]c1ccccc1-c1cc2c3cc4cc(C(C)C)ccc4cc3n3c4cc5ccc(C(C)C)cc5cc4c(c1)c23. The molecule has 16 rings (SSSR count). The molecule has 0 bridgehead atoms. The number of hydrogen-bond acceptors (Lipinski definition) is 0. The number of rotatable bonds is 7. The highest BCUT2D eigenvalue weighted by Crippen LogP contribution is 2.48. The topological polar surface area (TPSA) is 13.2 Å². The Morgan fingerprint density at radius 2 is 0.602 bits per heavy atom. The van der Waals surface area contributed by atoms with Gasteiger partial charge in [0.25, 0.3) is 0 Å². The van der Waals surface area contributed by atoms with Crippen LogP contribution in [0.25, 0.3) is 146 Å². The molecule has 0 N–H and O–H groups in total. The Bertz CT molecular complexity index is 5110. The molecule has 0 atom stereocenters. The van der Waals surface area contributed by atoms with E-state index < -0.39 is 0 Å². The average Bonchev–Trinajstić information content (AvgIpc) is 2.98. The molecule has 0 aliphatic carbocycles. The molecule has 4 heterocycles. The van der Waals surface area contributed by atoms with E-state index >= 15 is 0 Å². The van der Waals surface area contributed by atoms with Gasteiger partial charge in [-0.15, -0.1) is 0 Å². The Morgan fingerprint density at radius 1 is 0.289 bits per heavy atom. The van der Waals surface area contributed by atoms with Gasteiger partial charge in [-0.05, 0) is 196 Å². The van der Waals surface area contributed by atoms with Gasteiger partial charge in [-0.2, -0.15) is 0 Å². The first-order valence-electron chi connectivity index (χ1n) is 30.0. The van der Waals surface area contributed by atoms with Crippen molar-refractivity contribution >= 4 is 125 Å². The fraction of sp³-hybridized carbons (Fsp3) is 0.188. The average molecular weight is 1070 g/mol. The molecule has 402 valence electrons. The lowest BCUT2D eigenvalue weighted by molar-refractivity contribution is 0.869. The molecular weight excluding hydrogens is 1000 g/mol. The molecule has 12 aromatic carbocycles. The Hall–Kier alpha value is -9.23. The summed E-state index contributed by atoms with van der Waals surface area (Å²) in [6, 6.07) is 73.5. The van der Waals surface area contributed by atoms with Crippen LogP contribution < -0.4 is 0 Å². The van der Waals surface area contributed by atoms with Crippen LogP contribution in [0.2, 0.25) is 0 Å². The first-order valence-corrected chi connectivity index (χ1v) is 30.0. The van der Waals surface area contributed by atoms with Gasteiger partial charge in [0.2, 0.25) is 0 Å². The van der Waals surface area contributed by atoms with Crippen molar-refractivity contribution in [1.82, 2.24) is 8.80 Å². The summed E-state index contributed by atoms with van der Waals surface area (Å²) < 4.78 is 5.02. The standard InChI is InChI=1S/C41H37N.C39H30N2/c1-23(2)26-11-13-28-21-39-35(17-30(28)15-26)37-19-32(34-10-8-7-9-33(34)25(5)6)20-38-36-18-31-16-27(24(3)4)12-14-29(31)22-40(36)42(39)41(37)38;1-22(2)24-10-12-26-20-37-32(16-28(26)14-24)34-18-30(31-8-6-7-9-36(31)40-5)19-35-33-17-29-15-25(23(3)4)11-13-27(29)21-38(33)41(37)39(34)35/h7-25H,1-6H3;6-23H,1-4H3. The lowest BCUT2D eigenvalue weighted by Gasteiger charge is -2.13. The van der Waals surface area contributed by atoms with E-state index in [4.69, 9.17) is 6.57 Å². The summed E-state index contributed by atoms with van der Waals surface area (Å²) >= 11 is 0. The quantitative estimate of drug-likeness (QED) is 0.141. The van der Waals surface area contributed by atoms with Crippen molar-refractivity contribution < 1.29 is 0 Å². The fourth-order valence-electron chi connectivity index (χ4n) is 14.0. The normalized spacial score (nSPS) is 12.5. The van der Waals surface area contributed by atoms with Crippen LogP contribution in [0.5, 0.6) is 0 Å². The molecule has 3 nitrogen and oxygen atoms in total. The first kappa shape index (κ1) is 50.7. The van der Waals surface area contributed by atoms with Gasteiger partial charge in [-0.1, -0.05) is 191 Å². The second kappa shape index (κ2) is 18.9. The molecule has 0 aliphatic rings. The van der Waals surface area contributed by atoms with Crippen molar-refractivity contribution in [2.45, 2.75) is 98.8 Å². The number of nitrogens with zero attached hydrogens (tertiary/aromatic N) is 3. The van der Waals surface area contributed by atoms with Crippen molar-refractivity contribution in [2.75, 3.05) is 0 Å². The molecular formula is C80H67N3. The van der Waals surface area contributed by atoms with Gasteiger partial charge in [0.05, 0.1) is 39.7 Å². The zero-order valence-electron chi connectivity index (χ0n) is 49.2. The number of para-hydroxylation sites is 1. The summed E-state index contributed by atoms with van der Waals surface area (Å²) in [5, 5.41) is 20.7. The summed E-state index contributed by atoms with van der Waals surface area (Å²) in [4.78, 5) is 3.87. The highest BCUT2D eigenvalue weighted by atomic mass is 14.9. The lowest BCUT2D eigenvalue weighted by Crippen LogP contribution is -1.92. The van der Waals surface area contributed by atoms with Crippen molar-refractivity contribution in [3.8, 4) is 22.3 Å². The highest BCUT2D eigenvalue weighted by molar-refractivity contribution is 6.29. The zero-order valence-corrected chi connectivity index (χ0v) is 49.2. The third-order valence-corrected chi connectivity index (χ3v) is 18.6. The van der Waals surface area contributed by atoms with Crippen LogP contribution >= 0.6 is 0 Å². The Balaban J connectivity index is 0.000000142. The molecule has 0 fully saturated rings. The van der Waals surface area contributed by atoms with Crippen molar-refractivity contribution in [3.63, 3.8) is 0 Å². The molecule has 0 radical (unpaired) electrons. The predicted octanol–water partition coefficient (Wildman–Crippen LogP) is 23.8. The van der Waals surface area contributed by atoms with Gasteiger partial charge >= 0.3 is 0 Å². The maximum absolute atomic E-state index is 7.83. The summed E-state index contributed by atoms with van der Waals surface area (Å²) in [5.74, 6) is 2.43. The van der Waals surface area contributed by atoms with Crippen LogP contribution in [0.1, 0.15) is 127 Å². The van der Waals surface area contributed by atoms with E-state index in [1.54, 1.807) is 0 Å². The van der Waals surface area contributed by atoms with Gasteiger partial charge in [0.1, 0.15) is 0 Å². The molecule has 83 heavy (non-hydrogen) atoms. The molecule has 0 unspecified atom stereocenters. The van der Waals surface area contributed by atoms with Crippen molar-refractivity contribution in [2.24, 2.45) is 0 Å². The van der Waals surface area contributed by atoms with Gasteiger partial charge in [0.15, 0.2) is 5.69 Å². The van der Waals surface area contributed by atoms with Crippen molar-refractivity contribution in [3.05, 3.63) is 233 Å². The second-order valence-corrected chi connectivity index (χ2v) is 25.4. The summed E-state index contributed by atoms with van der Waals surface area (Å²) in [6.07, 6.45) is 0. The van der Waals surface area contributed by atoms with Gasteiger partial charge < -0.3 is 8.80 Å². The van der Waals surface area contributed by atoms with Crippen LogP contribution in [0, 0.1) is 6.57 Å². The van der Waals surface area contributed by atoms with E-state index in [0.717, 1.165) is 11.1 Å². The fourth-order valence-corrected chi connectivity index (χ4v) is 14.0. The van der Waals surface area contributed by atoms with E-state index in [2.05, 4.69) is 259 Å². The van der Waals surface area contributed by atoms with Crippen LogP contribution in [-0.2, 0) is 0 Å². The van der Waals surface area contributed by atoms with Crippen LogP contribution in [0.4, 0.5) is 5.69 Å². The molecule has 3 heteroatoms. The van der Waals surface area contributed by atoms with E-state index in [1.807, 2.05) is 18.2 Å². The Labute approximate surface area is 485 Å². The minimum Gasteiger partial charge on any atom is -0.308 e. The Kier molecular flexibility index (Phi) is 11.6. The van der Waals surface area contributed by atoms with Gasteiger partial charge in [0, 0.05) is 43.1 Å². The molecule has 0 amide bonds. The van der Waals surface area contributed by atoms with E-state index in [1.165, 1.54) is 158 Å². The number of aromatic nitrogens is 2. The largest absolute Gasteiger partial charge is 0.308 e. The molecule has 16 aromatic rings. The maximum atomic E-state index is 7.83. The first-order chi connectivity index (χ1) is 40.2. The molecule has 0 spiro atoms. The van der Waals surface area contributed by atoms with E-state index in [0.29, 0.717) is 35.3 Å². The predicted molar refractivity (Wildman–Crippen MR) is 360 cm³/mol. The van der Waals surface area contributed by atoms with E-state index in [-0.39, 0.29) is 0 Å². The number of hydrogen-bond donors (Lipinski definition) is 0. The second-order valence-electron chi connectivity index (χ2n) is 25.4. The van der Waals surface area contributed by atoms with Crippen LogP contribution in [-0.4, -0.2) is 8.80 Å². The molecule has 0 aliphatic heterocycles. The van der Waals surface area contributed by atoms with Gasteiger partial charge in [-0.3, -0.25) is 0 Å². The van der Waals surface area contributed by atoms with Crippen LogP contribution in [0.15, 0.2) is 194 Å². The molecule has 0 saturated carbocycles. The lowest BCUT2D eigenvalue weighted by atomic mass is 9.90. The molecule has 0 saturated heterocycles. The third kappa shape index (κ3) is 7.90. The minimum absolute atomic E-state index is 0.455. The third-order valence-electron chi connectivity index (χ3n) is 18.6.